The number of nitrogens with zero attached hydrogens (tertiary/aromatic N) is 1. The average Bonchev–Trinajstić information content (AvgIpc) is 3.26. The lowest BCUT2D eigenvalue weighted by atomic mass is 10.2. The Bertz CT molecular complexity index is 730. The molecule has 2 N–H and O–H groups in total. The number of thiophene rings is 1. The van der Waals surface area contributed by atoms with Gasteiger partial charge in [-0.05, 0) is 56.0 Å². The molecule has 132 valence electrons. The Morgan fingerprint density at radius 3 is 2.92 bits per heavy atom. The molecule has 2 heterocycles. The van der Waals surface area contributed by atoms with E-state index in [9.17, 15) is 9.59 Å². The summed E-state index contributed by atoms with van der Waals surface area (Å²) in [5, 5.41) is 7.76. The van der Waals surface area contributed by atoms with Crippen molar-refractivity contribution in [3.05, 3.63) is 52.2 Å². The number of amides is 2. The third-order valence-corrected chi connectivity index (χ3v) is 5.30. The summed E-state index contributed by atoms with van der Waals surface area (Å²) < 4.78 is 0. The summed E-state index contributed by atoms with van der Waals surface area (Å²) in [5.41, 5.74) is 1.21. The highest BCUT2D eigenvalue weighted by molar-refractivity contribution is 7.10. The van der Waals surface area contributed by atoms with Gasteiger partial charge >= 0.3 is 0 Å². The van der Waals surface area contributed by atoms with E-state index in [2.05, 4.69) is 33.0 Å². The van der Waals surface area contributed by atoms with Gasteiger partial charge < -0.3 is 10.6 Å². The zero-order valence-corrected chi connectivity index (χ0v) is 15.1. The lowest BCUT2D eigenvalue weighted by Crippen LogP contribution is -2.32. The highest BCUT2D eigenvalue weighted by atomic mass is 32.1. The highest BCUT2D eigenvalue weighted by Gasteiger charge is 2.28. The van der Waals surface area contributed by atoms with Crippen molar-refractivity contribution >= 4 is 28.8 Å². The van der Waals surface area contributed by atoms with Gasteiger partial charge in [-0.3, -0.25) is 14.5 Å². The zero-order valence-electron chi connectivity index (χ0n) is 14.3. The molecule has 2 amide bonds. The molecule has 0 aliphatic carbocycles. The van der Waals surface area contributed by atoms with Gasteiger partial charge in [-0.1, -0.05) is 12.1 Å². The third kappa shape index (κ3) is 4.46. The molecule has 1 aliphatic heterocycles. The minimum atomic E-state index is -0.129. The van der Waals surface area contributed by atoms with E-state index in [1.807, 2.05) is 6.92 Å². The Morgan fingerprint density at radius 2 is 2.16 bits per heavy atom. The summed E-state index contributed by atoms with van der Waals surface area (Å²) in [5.74, 6) is -0.174. The maximum absolute atomic E-state index is 12.4. The quantitative estimate of drug-likeness (QED) is 0.834. The molecule has 0 bridgehead atoms. The summed E-state index contributed by atoms with van der Waals surface area (Å²) in [7, 11) is 0. The number of hydrogen-bond donors (Lipinski definition) is 2. The summed E-state index contributed by atoms with van der Waals surface area (Å²) in [6.07, 6.45) is 2.21. The standard InChI is InChI=1S/C19H23N3O2S/c1-2-20-19(24)14-6-3-7-15(12-14)21-18(23)13-22-10-4-8-16(22)17-9-5-11-25-17/h3,5-7,9,11-12,16H,2,4,8,10,13H2,1H3,(H,20,24)(H,21,23)/t16-/m0/s1. The monoisotopic (exact) mass is 357 g/mol. The fourth-order valence-corrected chi connectivity index (χ4v) is 4.10. The lowest BCUT2D eigenvalue weighted by Gasteiger charge is -2.22. The van der Waals surface area contributed by atoms with Gasteiger partial charge in [-0.15, -0.1) is 11.3 Å². The molecule has 1 saturated heterocycles. The van der Waals surface area contributed by atoms with Gasteiger partial charge in [-0.25, -0.2) is 0 Å². The maximum atomic E-state index is 12.4. The van der Waals surface area contributed by atoms with Crippen LogP contribution in [0.5, 0.6) is 0 Å². The molecule has 3 rings (SSSR count). The van der Waals surface area contributed by atoms with E-state index in [0.717, 1.165) is 19.4 Å². The molecule has 1 fully saturated rings. The van der Waals surface area contributed by atoms with E-state index < -0.39 is 0 Å². The van der Waals surface area contributed by atoms with Crippen molar-refractivity contribution in [2.75, 3.05) is 25.0 Å². The first-order valence-corrected chi connectivity index (χ1v) is 9.51. The van der Waals surface area contributed by atoms with E-state index in [1.54, 1.807) is 35.6 Å². The Morgan fingerprint density at radius 1 is 1.28 bits per heavy atom. The van der Waals surface area contributed by atoms with Gasteiger partial charge in [0.05, 0.1) is 6.54 Å². The number of carbonyl (C=O) groups excluding carboxylic acids is 2. The molecule has 0 unspecified atom stereocenters. The van der Waals surface area contributed by atoms with Crippen molar-refractivity contribution in [3.8, 4) is 0 Å². The second-order valence-electron chi connectivity index (χ2n) is 6.13. The highest BCUT2D eigenvalue weighted by Crippen LogP contribution is 2.34. The molecule has 0 radical (unpaired) electrons. The molecular weight excluding hydrogens is 334 g/mol. The Kier molecular flexibility index (Phi) is 5.83. The number of likely N-dealkylation sites (tertiary alicyclic amines) is 1. The fourth-order valence-electron chi connectivity index (χ4n) is 3.20. The van der Waals surface area contributed by atoms with Gasteiger partial charge in [0.25, 0.3) is 5.91 Å². The van der Waals surface area contributed by atoms with Crippen LogP contribution in [-0.4, -0.2) is 36.3 Å². The molecule has 1 aromatic carbocycles. The van der Waals surface area contributed by atoms with Crippen LogP contribution in [0.15, 0.2) is 41.8 Å². The fraction of sp³-hybridized carbons (Fsp3) is 0.368. The van der Waals surface area contributed by atoms with Crippen molar-refractivity contribution in [1.29, 1.82) is 0 Å². The van der Waals surface area contributed by atoms with Crippen LogP contribution in [0.3, 0.4) is 0 Å². The molecule has 1 aliphatic rings. The van der Waals surface area contributed by atoms with Crippen molar-refractivity contribution in [2.45, 2.75) is 25.8 Å². The van der Waals surface area contributed by atoms with Crippen molar-refractivity contribution in [1.82, 2.24) is 10.2 Å². The summed E-state index contributed by atoms with van der Waals surface area (Å²) in [4.78, 5) is 27.9. The van der Waals surface area contributed by atoms with Gasteiger partial charge in [0.1, 0.15) is 0 Å². The topological polar surface area (TPSA) is 61.4 Å². The van der Waals surface area contributed by atoms with Crippen LogP contribution in [-0.2, 0) is 4.79 Å². The number of benzene rings is 1. The van der Waals surface area contributed by atoms with E-state index in [1.165, 1.54) is 4.88 Å². The smallest absolute Gasteiger partial charge is 0.251 e. The van der Waals surface area contributed by atoms with Gasteiger partial charge in [0.2, 0.25) is 5.91 Å². The number of hydrogen-bond acceptors (Lipinski definition) is 4. The van der Waals surface area contributed by atoms with Crippen molar-refractivity contribution < 1.29 is 9.59 Å². The van der Waals surface area contributed by atoms with Gasteiger partial charge in [0, 0.05) is 28.7 Å². The molecule has 25 heavy (non-hydrogen) atoms. The minimum Gasteiger partial charge on any atom is -0.352 e. The molecule has 6 heteroatoms. The Labute approximate surface area is 152 Å². The summed E-state index contributed by atoms with van der Waals surface area (Å²) in [6, 6.07) is 11.6. The number of anilines is 1. The maximum Gasteiger partial charge on any atom is 0.251 e. The van der Waals surface area contributed by atoms with E-state index in [4.69, 9.17) is 0 Å². The van der Waals surface area contributed by atoms with Crippen LogP contribution in [0.4, 0.5) is 5.69 Å². The van der Waals surface area contributed by atoms with Crippen LogP contribution in [0.1, 0.15) is 41.0 Å². The normalized spacial score (nSPS) is 17.4. The first-order valence-electron chi connectivity index (χ1n) is 8.63. The van der Waals surface area contributed by atoms with E-state index >= 15 is 0 Å². The summed E-state index contributed by atoms with van der Waals surface area (Å²) in [6.45, 7) is 3.76. The predicted molar refractivity (Wildman–Crippen MR) is 101 cm³/mol. The molecular formula is C19H23N3O2S. The molecule has 1 aromatic heterocycles. The first-order chi connectivity index (χ1) is 12.2. The summed E-state index contributed by atoms with van der Waals surface area (Å²) >= 11 is 1.75. The molecule has 2 aromatic rings. The van der Waals surface area contributed by atoms with E-state index in [-0.39, 0.29) is 11.8 Å². The Balaban J connectivity index is 1.61. The average molecular weight is 357 g/mol. The molecule has 5 nitrogen and oxygen atoms in total. The van der Waals surface area contributed by atoms with Crippen LogP contribution < -0.4 is 10.6 Å². The van der Waals surface area contributed by atoms with Gasteiger partial charge in [0.15, 0.2) is 0 Å². The lowest BCUT2D eigenvalue weighted by molar-refractivity contribution is -0.117. The van der Waals surface area contributed by atoms with Crippen molar-refractivity contribution in [3.63, 3.8) is 0 Å². The molecule has 0 saturated carbocycles. The van der Waals surface area contributed by atoms with Crippen LogP contribution in [0.2, 0.25) is 0 Å². The number of rotatable bonds is 6. The van der Waals surface area contributed by atoms with Gasteiger partial charge in [-0.2, -0.15) is 0 Å². The molecule has 1 atom stereocenters. The Hall–Kier alpha value is -2.18. The van der Waals surface area contributed by atoms with Crippen LogP contribution >= 0.6 is 11.3 Å². The SMILES string of the molecule is CCNC(=O)c1cccc(NC(=O)CN2CCC[C@H]2c2cccs2)c1. The molecule has 0 spiro atoms. The zero-order chi connectivity index (χ0) is 17.6. The van der Waals surface area contributed by atoms with E-state index in [0.29, 0.717) is 30.4 Å². The predicted octanol–water partition coefficient (Wildman–Crippen LogP) is 3.27. The van der Waals surface area contributed by atoms with Crippen molar-refractivity contribution in [2.24, 2.45) is 0 Å². The largest absolute Gasteiger partial charge is 0.352 e. The second-order valence-corrected chi connectivity index (χ2v) is 7.11. The number of nitrogens with one attached hydrogen (secondary N) is 2. The van der Waals surface area contributed by atoms with Crippen LogP contribution in [0, 0.1) is 0 Å². The number of carbonyl (C=O) groups is 2. The first kappa shape index (κ1) is 17.6. The second kappa shape index (κ2) is 8.27. The van der Waals surface area contributed by atoms with Crippen LogP contribution in [0.25, 0.3) is 0 Å². The minimum absolute atomic E-state index is 0.0449. The third-order valence-electron chi connectivity index (χ3n) is 4.33.